The van der Waals surface area contributed by atoms with Crippen molar-refractivity contribution in [2.75, 3.05) is 6.54 Å². The molecule has 0 aliphatic heterocycles. The molecule has 6 heteroatoms. The van der Waals surface area contributed by atoms with E-state index < -0.39 is 17.7 Å². The predicted octanol–water partition coefficient (Wildman–Crippen LogP) is 1.87. The van der Waals surface area contributed by atoms with Crippen LogP contribution in [0.3, 0.4) is 0 Å². The second kappa shape index (κ2) is 6.58. The molecule has 0 spiro atoms. The van der Waals surface area contributed by atoms with Gasteiger partial charge in [0.1, 0.15) is 11.6 Å². The normalized spacial score (nSPS) is 14.2. The van der Waals surface area contributed by atoms with Gasteiger partial charge in [-0.2, -0.15) is 5.10 Å². The van der Waals surface area contributed by atoms with E-state index in [9.17, 15) is 13.9 Å². The maximum Gasteiger partial charge on any atom is 0.129 e. The third-order valence-corrected chi connectivity index (χ3v) is 3.00. The molecule has 0 saturated carbocycles. The van der Waals surface area contributed by atoms with Gasteiger partial charge < -0.3 is 10.4 Å². The zero-order valence-corrected chi connectivity index (χ0v) is 11.1. The van der Waals surface area contributed by atoms with Crippen LogP contribution in [-0.4, -0.2) is 27.5 Å². The average molecular weight is 281 g/mol. The number of aliphatic hydroxyl groups excluding tert-OH is 1. The first-order valence-corrected chi connectivity index (χ1v) is 6.40. The maximum absolute atomic E-state index is 13.5. The molecule has 0 radical (unpaired) electrons. The average Bonchev–Trinajstić information content (AvgIpc) is 2.91. The predicted molar refractivity (Wildman–Crippen MR) is 71.0 cm³/mol. The minimum Gasteiger partial charge on any atom is -0.387 e. The molecule has 0 fully saturated rings. The molecule has 4 nitrogen and oxygen atoms in total. The minimum absolute atomic E-state index is 0.0382. The Morgan fingerprint density at radius 1 is 1.40 bits per heavy atom. The number of aliphatic hydroxyl groups is 1. The van der Waals surface area contributed by atoms with Crippen LogP contribution in [0.2, 0.25) is 0 Å². The Balaban J connectivity index is 1.88. The van der Waals surface area contributed by atoms with Gasteiger partial charge in [0, 0.05) is 30.5 Å². The zero-order chi connectivity index (χ0) is 14.5. The Morgan fingerprint density at radius 2 is 2.20 bits per heavy atom. The van der Waals surface area contributed by atoms with Crippen LogP contribution >= 0.6 is 0 Å². The zero-order valence-electron chi connectivity index (χ0n) is 11.1. The number of benzene rings is 1. The van der Waals surface area contributed by atoms with Crippen LogP contribution in [0.1, 0.15) is 18.6 Å². The Kier molecular flexibility index (Phi) is 4.81. The fourth-order valence-corrected chi connectivity index (χ4v) is 1.95. The van der Waals surface area contributed by atoms with Crippen molar-refractivity contribution in [3.05, 3.63) is 53.9 Å². The van der Waals surface area contributed by atoms with Gasteiger partial charge in [0.25, 0.3) is 0 Å². The summed E-state index contributed by atoms with van der Waals surface area (Å²) in [5.74, 6) is -1.18. The summed E-state index contributed by atoms with van der Waals surface area (Å²) in [6.07, 6.45) is 2.43. The van der Waals surface area contributed by atoms with Gasteiger partial charge in [0.15, 0.2) is 0 Å². The summed E-state index contributed by atoms with van der Waals surface area (Å²) in [5, 5.41) is 17.0. The van der Waals surface area contributed by atoms with E-state index in [0.717, 1.165) is 18.2 Å². The van der Waals surface area contributed by atoms with Gasteiger partial charge in [-0.1, -0.05) is 0 Å². The smallest absolute Gasteiger partial charge is 0.129 e. The second-order valence-corrected chi connectivity index (χ2v) is 4.72. The summed E-state index contributed by atoms with van der Waals surface area (Å²) in [4.78, 5) is 0. The summed E-state index contributed by atoms with van der Waals surface area (Å²) >= 11 is 0. The fourth-order valence-electron chi connectivity index (χ4n) is 1.95. The number of nitrogens with zero attached hydrogens (tertiary/aromatic N) is 2. The van der Waals surface area contributed by atoms with E-state index >= 15 is 0 Å². The molecule has 1 aromatic carbocycles. The molecular formula is C14H17F2N3O. The highest BCUT2D eigenvalue weighted by Gasteiger charge is 2.15. The number of rotatable bonds is 6. The molecule has 2 N–H and O–H groups in total. The molecular weight excluding hydrogens is 264 g/mol. The van der Waals surface area contributed by atoms with Gasteiger partial charge in [0.05, 0.1) is 12.6 Å². The van der Waals surface area contributed by atoms with Gasteiger partial charge in [-0.3, -0.25) is 4.68 Å². The summed E-state index contributed by atoms with van der Waals surface area (Å²) in [5.41, 5.74) is -0.0382. The van der Waals surface area contributed by atoms with Crippen LogP contribution in [-0.2, 0) is 6.54 Å². The van der Waals surface area contributed by atoms with Crippen molar-refractivity contribution in [1.82, 2.24) is 15.1 Å². The molecule has 0 aliphatic rings. The van der Waals surface area contributed by atoms with Crippen LogP contribution in [0.5, 0.6) is 0 Å². The van der Waals surface area contributed by atoms with Crippen LogP contribution in [0.25, 0.3) is 0 Å². The number of halogens is 2. The lowest BCUT2D eigenvalue weighted by molar-refractivity contribution is 0.164. The SMILES string of the molecule is CC(Cn1cccn1)NCC(O)c1cc(F)ccc1F. The van der Waals surface area contributed by atoms with Crippen LogP contribution in [0.4, 0.5) is 8.78 Å². The van der Waals surface area contributed by atoms with E-state index in [1.807, 2.05) is 19.2 Å². The quantitative estimate of drug-likeness (QED) is 0.850. The molecule has 2 rings (SSSR count). The van der Waals surface area contributed by atoms with Crippen molar-refractivity contribution < 1.29 is 13.9 Å². The molecule has 20 heavy (non-hydrogen) atoms. The lowest BCUT2D eigenvalue weighted by Crippen LogP contribution is -2.34. The van der Waals surface area contributed by atoms with Gasteiger partial charge in [-0.15, -0.1) is 0 Å². The molecule has 0 saturated heterocycles. The van der Waals surface area contributed by atoms with E-state index in [-0.39, 0.29) is 18.2 Å². The molecule has 2 unspecified atom stereocenters. The third kappa shape index (κ3) is 3.85. The van der Waals surface area contributed by atoms with Crippen molar-refractivity contribution in [2.24, 2.45) is 0 Å². The van der Waals surface area contributed by atoms with E-state index in [0.29, 0.717) is 6.54 Å². The van der Waals surface area contributed by atoms with Crippen molar-refractivity contribution >= 4 is 0 Å². The van der Waals surface area contributed by atoms with E-state index in [4.69, 9.17) is 0 Å². The van der Waals surface area contributed by atoms with Gasteiger partial charge >= 0.3 is 0 Å². The van der Waals surface area contributed by atoms with Crippen LogP contribution in [0.15, 0.2) is 36.7 Å². The lowest BCUT2D eigenvalue weighted by atomic mass is 10.1. The first-order valence-electron chi connectivity index (χ1n) is 6.40. The molecule has 0 aliphatic carbocycles. The molecule has 2 aromatic rings. The molecule has 2 atom stereocenters. The van der Waals surface area contributed by atoms with E-state index in [1.54, 1.807) is 10.9 Å². The van der Waals surface area contributed by atoms with Crippen molar-refractivity contribution in [1.29, 1.82) is 0 Å². The molecule has 0 bridgehead atoms. The number of hydrogen-bond acceptors (Lipinski definition) is 3. The van der Waals surface area contributed by atoms with Gasteiger partial charge in [0.2, 0.25) is 0 Å². The Bertz CT molecular complexity index is 545. The van der Waals surface area contributed by atoms with Crippen LogP contribution in [0, 0.1) is 11.6 Å². The molecule has 108 valence electrons. The Morgan fingerprint density at radius 3 is 2.90 bits per heavy atom. The number of hydrogen-bond donors (Lipinski definition) is 2. The van der Waals surface area contributed by atoms with Crippen molar-refractivity contribution in [3.63, 3.8) is 0 Å². The molecule has 1 heterocycles. The molecule has 0 amide bonds. The van der Waals surface area contributed by atoms with Crippen molar-refractivity contribution in [2.45, 2.75) is 25.6 Å². The van der Waals surface area contributed by atoms with E-state index in [2.05, 4.69) is 10.4 Å². The summed E-state index contributed by atoms with van der Waals surface area (Å²) in [6, 6.07) is 4.92. The van der Waals surface area contributed by atoms with E-state index in [1.165, 1.54) is 0 Å². The monoisotopic (exact) mass is 281 g/mol. The fraction of sp³-hybridized carbons (Fsp3) is 0.357. The molecule has 1 aromatic heterocycles. The van der Waals surface area contributed by atoms with Gasteiger partial charge in [-0.25, -0.2) is 8.78 Å². The highest BCUT2D eigenvalue weighted by molar-refractivity contribution is 5.21. The number of aromatic nitrogens is 2. The third-order valence-electron chi connectivity index (χ3n) is 3.00. The maximum atomic E-state index is 13.5. The second-order valence-electron chi connectivity index (χ2n) is 4.72. The van der Waals surface area contributed by atoms with Crippen LogP contribution < -0.4 is 5.32 Å². The summed E-state index contributed by atoms with van der Waals surface area (Å²) in [6.45, 7) is 2.70. The van der Waals surface area contributed by atoms with Crippen molar-refractivity contribution in [3.8, 4) is 0 Å². The Labute approximate surface area is 116 Å². The topological polar surface area (TPSA) is 50.1 Å². The Hall–Kier alpha value is -1.79. The first-order chi connectivity index (χ1) is 9.56. The highest BCUT2D eigenvalue weighted by atomic mass is 19.1. The highest BCUT2D eigenvalue weighted by Crippen LogP contribution is 2.17. The summed E-state index contributed by atoms with van der Waals surface area (Å²) in [7, 11) is 0. The lowest BCUT2D eigenvalue weighted by Gasteiger charge is -2.18. The minimum atomic E-state index is -1.09. The largest absolute Gasteiger partial charge is 0.387 e. The first kappa shape index (κ1) is 14.6. The standard InChI is InChI=1S/C14H17F2N3O/c1-10(9-19-6-2-5-18-19)17-8-14(20)12-7-11(15)3-4-13(12)16/h2-7,10,14,17,20H,8-9H2,1H3. The summed E-state index contributed by atoms with van der Waals surface area (Å²) < 4.78 is 28.3. The number of nitrogens with one attached hydrogen (secondary N) is 1. The van der Waals surface area contributed by atoms with Gasteiger partial charge in [-0.05, 0) is 31.2 Å².